The molecule has 0 saturated carbocycles. The Morgan fingerprint density at radius 2 is 1.96 bits per heavy atom. The first-order valence-electron chi connectivity index (χ1n) is 8.91. The Balaban J connectivity index is 1.82. The van der Waals surface area contributed by atoms with Crippen molar-refractivity contribution >= 4 is 21.7 Å². The number of sulfone groups is 1. The highest BCUT2D eigenvalue weighted by Crippen LogP contribution is 2.30. The second-order valence-electron chi connectivity index (χ2n) is 6.70. The van der Waals surface area contributed by atoms with Crippen molar-refractivity contribution < 1.29 is 22.7 Å². The number of piperidine rings is 1. The number of fused-ring (bicyclic) bond motifs is 2. The summed E-state index contributed by atoms with van der Waals surface area (Å²) in [7, 11) is -3.49. The zero-order chi connectivity index (χ0) is 18.9. The largest absolute Gasteiger partial charge is 0.465 e. The molecule has 0 aliphatic carbocycles. The van der Waals surface area contributed by atoms with Crippen molar-refractivity contribution in [3.05, 3.63) is 29.8 Å². The van der Waals surface area contributed by atoms with Gasteiger partial charge in [0.15, 0.2) is 9.84 Å². The first-order chi connectivity index (χ1) is 12.4. The average molecular weight is 380 g/mol. The fourth-order valence-electron chi connectivity index (χ4n) is 3.79. The van der Waals surface area contributed by atoms with Crippen molar-refractivity contribution in [1.29, 1.82) is 0 Å². The monoisotopic (exact) mass is 380 g/mol. The molecular weight excluding hydrogens is 356 g/mol. The quantitative estimate of drug-likeness (QED) is 0.761. The van der Waals surface area contributed by atoms with Crippen LogP contribution in [0.4, 0.5) is 0 Å². The van der Waals surface area contributed by atoms with Crippen molar-refractivity contribution in [2.24, 2.45) is 5.92 Å². The van der Waals surface area contributed by atoms with Crippen LogP contribution in [0.15, 0.2) is 29.2 Å². The summed E-state index contributed by atoms with van der Waals surface area (Å²) in [6.45, 7) is 4.50. The number of hydrogen-bond donors (Lipinski definition) is 1. The summed E-state index contributed by atoms with van der Waals surface area (Å²) in [5, 5.41) is 3.24. The van der Waals surface area contributed by atoms with Crippen LogP contribution in [0.1, 0.15) is 30.6 Å². The fraction of sp³-hybridized carbons (Fsp3) is 0.556. The molecule has 2 heterocycles. The van der Waals surface area contributed by atoms with Crippen LogP contribution >= 0.6 is 0 Å². The minimum absolute atomic E-state index is 0.0158. The number of hydrogen-bond acceptors (Lipinski definition) is 6. The van der Waals surface area contributed by atoms with Gasteiger partial charge >= 0.3 is 5.97 Å². The molecule has 2 fully saturated rings. The smallest absolute Gasteiger partial charge is 0.323 e. The van der Waals surface area contributed by atoms with Gasteiger partial charge in [0.25, 0.3) is 5.91 Å². The lowest BCUT2D eigenvalue weighted by Crippen LogP contribution is -2.44. The molecule has 2 bridgehead atoms. The molecule has 0 spiro atoms. The summed E-state index contributed by atoms with van der Waals surface area (Å²) in [5.41, 5.74) is 0.198. The summed E-state index contributed by atoms with van der Waals surface area (Å²) < 4.78 is 29.7. The molecule has 2 aliphatic rings. The van der Waals surface area contributed by atoms with Crippen LogP contribution in [0.5, 0.6) is 0 Å². The van der Waals surface area contributed by atoms with Gasteiger partial charge in [-0.1, -0.05) is 19.1 Å². The number of amides is 1. The van der Waals surface area contributed by atoms with Crippen LogP contribution in [0.3, 0.4) is 0 Å². The molecule has 3 atom stereocenters. The lowest BCUT2D eigenvalue weighted by molar-refractivity contribution is -0.146. The molecule has 26 heavy (non-hydrogen) atoms. The highest BCUT2D eigenvalue weighted by molar-refractivity contribution is 7.91. The number of carbonyl (C=O) groups is 2. The van der Waals surface area contributed by atoms with Crippen molar-refractivity contribution in [1.82, 2.24) is 10.2 Å². The van der Waals surface area contributed by atoms with Gasteiger partial charge in [-0.15, -0.1) is 0 Å². The lowest BCUT2D eigenvalue weighted by Gasteiger charge is -2.32. The molecule has 1 amide bonds. The third-order valence-corrected chi connectivity index (χ3v) is 6.82. The number of nitrogens with zero attached hydrogens (tertiary/aromatic N) is 1. The Morgan fingerprint density at radius 1 is 1.23 bits per heavy atom. The van der Waals surface area contributed by atoms with Crippen molar-refractivity contribution in [2.75, 3.05) is 25.4 Å². The van der Waals surface area contributed by atoms with Crippen LogP contribution in [0, 0.1) is 5.92 Å². The minimum Gasteiger partial charge on any atom is -0.465 e. The maximum atomic E-state index is 13.0. The van der Waals surface area contributed by atoms with Gasteiger partial charge in [0.05, 0.1) is 22.8 Å². The predicted molar refractivity (Wildman–Crippen MR) is 95.5 cm³/mol. The van der Waals surface area contributed by atoms with Gasteiger partial charge in [-0.2, -0.15) is 0 Å². The van der Waals surface area contributed by atoms with E-state index in [4.69, 9.17) is 4.74 Å². The number of benzene rings is 1. The van der Waals surface area contributed by atoms with Crippen LogP contribution in [-0.2, 0) is 19.4 Å². The van der Waals surface area contributed by atoms with E-state index in [9.17, 15) is 18.0 Å². The third kappa shape index (κ3) is 3.48. The van der Waals surface area contributed by atoms with E-state index in [1.807, 2.05) is 0 Å². The van der Waals surface area contributed by atoms with Gasteiger partial charge in [0, 0.05) is 25.0 Å². The molecule has 142 valence electrons. The number of likely N-dealkylation sites (tertiary alicyclic amines) is 1. The Labute approximate surface area is 153 Å². The number of ether oxygens (including phenoxy) is 1. The minimum atomic E-state index is -3.49. The average Bonchev–Trinajstić information content (AvgIpc) is 2.95. The number of esters is 1. The van der Waals surface area contributed by atoms with Gasteiger partial charge < -0.3 is 9.64 Å². The van der Waals surface area contributed by atoms with E-state index >= 15 is 0 Å². The maximum Gasteiger partial charge on any atom is 0.323 e. The Kier molecular flexibility index (Phi) is 5.34. The highest BCUT2D eigenvalue weighted by atomic mass is 32.2. The molecule has 2 saturated heterocycles. The first kappa shape index (κ1) is 18.8. The van der Waals surface area contributed by atoms with E-state index < -0.39 is 15.9 Å². The van der Waals surface area contributed by atoms with E-state index in [0.29, 0.717) is 19.7 Å². The highest BCUT2D eigenvalue weighted by Gasteiger charge is 2.45. The molecule has 7 nitrogen and oxygen atoms in total. The molecule has 1 aromatic rings. The van der Waals surface area contributed by atoms with Crippen LogP contribution in [-0.4, -0.2) is 62.7 Å². The summed E-state index contributed by atoms with van der Waals surface area (Å²) in [6, 6.07) is 5.93. The first-order valence-corrected chi connectivity index (χ1v) is 10.6. The van der Waals surface area contributed by atoms with Gasteiger partial charge in [0.2, 0.25) is 0 Å². The molecule has 1 N–H and O–H groups in total. The van der Waals surface area contributed by atoms with Crippen molar-refractivity contribution in [3.8, 4) is 0 Å². The lowest BCUT2D eigenvalue weighted by atomic mass is 9.94. The summed E-state index contributed by atoms with van der Waals surface area (Å²) in [4.78, 5) is 26.8. The van der Waals surface area contributed by atoms with Crippen molar-refractivity contribution in [3.63, 3.8) is 0 Å². The van der Waals surface area contributed by atoms with Crippen molar-refractivity contribution in [2.45, 2.75) is 37.2 Å². The second-order valence-corrected chi connectivity index (χ2v) is 8.95. The summed E-state index contributed by atoms with van der Waals surface area (Å²) in [5.74, 6) is -0.678. The van der Waals surface area contributed by atoms with Gasteiger partial charge in [-0.3, -0.25) is 14.9 Å². The van der Waals surface area contributed by atoms with Gasteiger partial charge in [-0.05, 0) is 25.5 Å². The van der Waals surface area contributed by atoms with Crippen LogP contribution in [0.25, 0.3) is 0 Å². The molecule has 8 heteroatoms. The second kappa shape index (κ2) is 7.36. The molecule has 2 aliphatic heterocycles. The van der Waals surface area contributed by atoms with E-state index in [0.717, 1.165) is 6.42 Å². The topological polar surface area (TPSA) is 92.8 Å². The normalized spacial score (nSPS) is 25.2. The number of rotatable bonds is 5. The van der Waals surface area contributed by atoms with E-state index in [1.165, 1.54) is 6.07 Å². The SMILES string of the molecule is CCOC(=O)C1NC2CC1CN(C(=O)c1ccccc1S(=O)(=O)CC)C2. The molecule has 0 aromatic heterocycles. The number of carbonyl (C=O) groups excluding carboxylic acids is 2. The zero-order valence-corrected chi connectivity index (χ0v) is 15.8. The zero-order valence-electron chi connectivity index (χ0n) is 15.0. The Morgan fingerprint density at radius 3 is 2.65 bits per heavy atom. The molecule has 3 unspecified atom stereocenters. The fourth-order valence-corrected chi connectivity index (χ4v) is 4.88. The Bertz CT molecular complexity index is 808. The van der Waals surface area contributed by atoms with E-state index in [-0.39, 0.29) is 40.0 Å². The molecule has 3 rings (SSSR count). The standard InChI is InChI=1S/C18H24N2O5S/c1-3-25-18(22)16-12-9-13(19-16)11-20(10-12)17(21)14-7-5-6-8-15(14)26(23,24)4-2/h5-8,12-13,16,19H,3-4,9-11H2,1-2H3. The molecule has 1 aromatic carbocycles. The van der Waals surface area contributed by atoms with E-state index in [1.54, 1.807) is 36.9 Å². The number of nitrogens with one attached hydrogen (secondary N) is 1. The van der Waals surface area contributed by atoms with Crippen LogP contribution in [0.2, 0.25) is 0 Å². The van der Waals surface area contributed by atoms with Gasteiger partial charge in [0.1, 0.15) is 6.04 Å². The Hall–Kier alpha value is -1.93. The van der Waals surface area contributed by atoms with E-state index in [2.05, 4.69) is 5.32 Å². The van der Waals surface area contributed by atoms with Crippen LogP contribution < -0.4 is 5.32 Å². The van der Waals surface area contributed by atoms with Gasteiger partial charge in [-0.25, -0.2) is 8.42 Å². The predicted octanol–water partition coefficient (Wildman–Crippen LogP) is 0.846. The molecular formula is C18H24N2O5S. The summed E-state index contributed by atoms with van der Waals surface area (Å²) >= 11 is 0. The molecule has 0 radical (unpaired) electrons. The maximum absolute atomic E-state index is 13.0. The third-order valence-electron chi connectivity index (χ3n) is 5.03. The summed E-state index contributed by atoms with van der Waals surface area (Å²) in [6.07, 6.45) is 0.808.